The SMILES string of the molecule is Cc1ccc(NC2CCN(C(=O)OC(C)C)CC2)c([N+](=O)[O-])c1. The maximum Gasteiger partial charge on any atom is 0.410 e. The molecule has 1 aliphatic heterocycles. The molecule has 0 unspecified atom stereocenters. The van der Waals surface area contributed by atoms with E-state index in [1.165, 1.54) is 0 Å². The molecule has 0 aromatic heterocycles. The molecule has 7 nitrogen and oxygen atoms in total. The number of nitro benzene ring substituents is 1. The van der Waals surface area contributed by atoms with Gasteiger partial charge in [0.1, 0.15) is 5.69 Å². The van der Waals surface area contributed by atoms with Gasteiger partial charge < -0.3 is 15.0 Å². The summed E-state index contributed by atoms with van der Waals surface area (Å²) in [5.41, 5.74) is 1.48. The summed E-state index contributed by atoms with van der Waals surface area (Å²) in [5, 5.41) is 14.4. The topological polar surface area (TPSA) is 84.7 Å². The second-order valence-corrected chi connectivity index (χ2v) is 6.12. The molecule has 1 N–H and O–H groups in total. The van der Waals surface area contributed by atoms with Gasteiger partial charge in [-0.15, -0.1) is 0 Å². The van der Waals surface area contributed by atoms with Gasteiger partial charge in [-0.25, -0.2) is 4.79 Å². The fourth-order valence-corrected chi connectivity index (χ4v) is 2.62. The molecule has 1 amide bonds. The summed E-state index contributed by atoms with van der Waals surface area (Å²) < 4.78 is 5.18. The zero-order valence-electron chi connectivity index (χ0n) is 13.7. The lowest BCUT2D eigenvalue weighted by molar-refractivity contribution is -0.384. The monoisotopic (exact) mass is 321 g/mol. The van der Waals surface area contributed by atoms with Crippen molar-refractivity contribution in [3.05, 3.63) is 33.9 Å². The van der Waals surface area contributed by atoms with Crippen LogP contribution >= 0.6 is 0 Å². The highest BCUT2D eigenvalue weighted by atomic mass is 16.6. The van der Waals surface area contributed by atoms with Gasteiger partial charge in [-0.05, 0) is 45.2 Å². The molecule has 1 aromatic rings. The quantitative estimate of drug-likeness (QED) is 0.679. The Kier molecular flexibility index (Phi) is 5.41. The normalized spacial score (nSPS) is 15.6. The van der Waals surface area contributed by atoms with Crippen molar-refractivity contribution >= 4 is 17.5 Å². The first kappa shape index (κ1) is 17.1. The van der Waals surface area contributed by atoms with Crippen LogP contribution in [0.15, 0.2) is 18.2 Å². The average molecular weight is 321 g/mol. The molecule has 1 aromatic carbocycles. The highest BCUT2D eigenvalue weighted by Crippen LogP contribution is 2.27. The lowest BCUT2D eigenvalue weighted by atomic mass is 10.0. The van der Waals surface area contributed by atoms with Crippen LogP contribution < -0.4 is 5.32 Å². The lowest BCUT2D eigenvalue weighted by Crippen LogP contribution is -2.43. The molecule has 0 atom stereocenters. The van der Waals surface area contributed by atoms with E-state index in [1.54, 1.807) is 17.0 Å². The first-order valence-corrected chi connectivity index (χ1v) is 7.84. The number of ether oxygens (including phenoxy) is 1. The van der Waals surface area contributed by atoms with E-state index < -0.39 is 0 Å². The second-order valence-electron chi connectivity index (χ2n) is 6.12. The maximum atomic E-state index is 11.8. The summed E-state index contributed by atoms with van der Waals surface area (Å²) in [4.78, 5) is 24.3. The Balaban J connectivity index is 1.94. The maximum absolute atomic E-state index is 11.8. The first-order valence-electron chi connectivity index (χ1n) is 7.84. The fraction of sp³-hybridized carbons (Fsp3) is 0.562. The van der Waals surface area contributed by atoms with Gasteiger partial charge >= 0.3 is 6.09 Å². The molecule has 1 aliphatic rings. The van der Waals surface area contributed by atoms with Crippen molar-refractivity contribution in [1.29, 1.82) is 0 Å². The summed E-state index contributed by atoms with van der Waals surface area (Å²) in [6.45, 7) is 6.65. The molecule has 0 radical (unpaired) electrons. The molecule has 2 rings (SSSR count). The van der Waals surface area contributed by atoms with Crippen LogP contribution in [0.4, 0.5) is 16.2 Å². The van der Waals surface area contributed by atoms with Gasteiger partial charge in [0.15, 0.2) is 0 Å². The molecule has 7 heteroatoms. The minimum Gasteiger partial charge on any atom is -0.447 e. The van der Waals surface area contributed by atoms with Crippen LogP contribution in [0.1, 0.15) is 32.3 Å². The van der Waals surface area contributed by atoms with Gasteiger partial charge in [0.05, 0.1) is 11.0 Å². The molecule has 1 heterocycles. The Hall–Kier alpha value is -2.31. The number of hydrogen-bond acceptors (Lipinski definition) is 5. The number of nitro groups is 1. The number of nitrogens with one attached hydrogen (secondary N) is 1. The van der Waals surface area contributed by atoms with Crippen LogP contribution in [0.3, 0.4) is 0 Å². The van der Waals surface area contributed by atoms with Crippen molar-refractivity contribution in [2.45, 2.75) is 45.8 Å². The third-order valence-electron chi connectivity index (χ3n) is 3.80. The Morgan fingerprint density at radius 3 is 2.61 bits per heavy atom. The van der Waals surface area contributed by atoms with Crippen LogP contribution in [0, 0.1) is 17.0 Å². The molecular weight excluding hydrogens is 298 g/mol. The number of carbonyl (C=O) groups excluding carboxylic acids is 1. The Bertz CT molecular complexity index is 581. The van der Waals surface area contributed by atoms with Crippen LogP contribution in [0.25, 0.3) is 0 Å². The summed E-state index contributed by atoms with van der Waals surface area (Å²) in [7, 11) is 0. The van der Waals surface area contributed by atoms with Crippen LogP contribution in [-0.4, -0.2) is 41.2 Å². The van der Waals surface area contributed by atoms with E-state index in [1.807, 2.05) is 26.8 Å². The number of likely N-dealkylation sites (tertiary alicyclic amines) is 1. The predicted molar refractivity (Wildman–Crippen MR) is 87.7 cm³/mol. The molecule has 1 saturated heterocycles. The molecule has 0 saturated carbocycles. The summed E-state index contributed by atoms with van der Waals surface area (Å²) >= 11 is 0. The van der Waals surface area contributed by atoms with E-state index in [0.29, 0.717) is 18.8 Å². The Labute approximate surface area is 135 Å². The number of nitrogens with zero attached hydrogens (tertiary/aromatic N) is 2. The van der Waals surface area contributed by atoms with Crippen LogP contribution in [0.5, 0.6) is 0 Å². The van der Waals surface area contributed by atoms with E-state index in [-0.39, 0.29) is 28.8 Å². The minimum absolute atomic E-state index is 0.0895. The van der Waals surface area contributed by atoms with Gasteiger partial charge in [-0.1, -0.05) is 6.07 Å². The standard InChI is InChI=1S/C16H23N3O4/c1-11(2)23-16(20)18-8-6-13(7-9-18)17-14-5-4-12(3)10-15(14)19(21)22/h4-5,10-11,13,17H,6-9H2,1-3H3. The number of hydrogen-bond donors (Lipinski definition) is 1. The number of amides is 1. The van der Waals surface area contributed by atoms with Gasteiger partial charge in [-0.2, -0.15) is 0 Å². The number of anilines is 1. The van der Waals surface area contributed by atoms with Gasteiger partial charge in [-0.3, -0.25) is 10.1 Å². The summed E-state index contributed by atoms with van der Waals surface area (Å²) in [6.07, 6.45) is 1.05. The van der Waals surface area contributed by atoms with E-state index in [0.717, 1.165) is 18.4 Å². The minimum atomic E-state index is -0.371. The second kappa shape index (κ2) is 7.30. The third-order valence-corrected chi connectivity index (χ3v) is 3.80. The van der Waals surface area contributed by atoms with E-state index in [9.17, 15) is 14.9 Å². The van der Waals surface area contributed by atoms with Crippen molar-refractivity contribution in [1.82, 2.24) is 4.90 Å². The number of rotatable bonds is 4. The zero-order chi connectivity index (χ0) is 17.0. The lowest BCUT2D eigenvalue weighted by Gasteiger charge is -2.32. The van der Waals surface area contributed by atoms with Crippen molar-refractivity contribution < 1.29 is 14.5 Å². The molecule has 126 valence electrons. The Morgan fingerprint density at radius 2 is 2.04 bits per heavy atom. The van der Waals surface area contributed by atoms with E-state index in [4.69, 9.17) is 4.74 Å². The molecule has 0 aliphatic carbocycles. The average Bonchev–Trinajstić information content (AvgIpc) is 2.49. The van der Waals surface area contributed by atoms with E-state index >= 15 is 0 Å². The fourth-order valence-electron chi connectivity index (χ4n) is 2.62. The summed E-state index contributed by atoms with van der Waals surface area (Å²) in [5.74, 6) is 0. The van der Waals surface area contributed by atoms with Crippen molar-refractivity contribution in [2.75, 3.05) is 18.4 Å². The smallest absolute Gasteiger partial charge is 0.410 e. The van der Waals surface area contributed by atoms with Gasteiger partial charge in [0.25, 0.3) is 5.69 Å². The molecule has 23 heavy (non-hydrogen) atoms. The largest absolute Gasteiger partial charge is 0.447 e. The third kappa shape index (κ3) is 4.58. The van der Waals surface area contributed by atoms with Crippen molar-refractivity contribution in [3.8, 4) is 0 Å². The number of carbonyl (C=O) groups is 1. The summed E-state index contributed by atoms with van der Waals surface area (Å²) in [6, 6.07) is 5.27. The van der Waals surface area contributed by atoms with Gasteiger partial charge in [0, 0.05) is 25.2 Å². The zero-order valence-corrected chi connectivity index (χ0v) is 13.7. The van der Waals surface area contributed by atoms with E-state index in [2.05, 4.69) is 5.32 Å². The van der Waals surface area contributed by atoms with Crippen LogP contribution in [0.2, 0.25) is 0 Å². The van der Waals surface area contributed by atoms with Crippen molar-refractivity contribution in [2.24, 2.45) is 0 Å². The highest BCUT2D eigenvalue weighted by Gasteiger charge is 2.25. The molecular formula is C16H23N3O4. The van der Waals surface area contributed by atoms with Crippen molar-refractivity contribution in [3.63, 3.8) is 0 Å². The number of benzene rings is 1. The molecule has 1 fully saturated rings. The predicted octanol–water partition coefficient (Wildman–Crippen LogP) is 3.32. The highest BCUT2D eigenvalue weighted by molar-refractivity contribution is 5.68. The Morgan fingerprint density at radius 1 is 1.39 bits per heavy atom. The molecule has 0 bridgehead atoms. The first-order chi connectivity index (χ1) is 10.9. The number of aryl methyl sites for hydroxylation is 1. The van der Waals surface area contributed by atoms with Crippen LogP contribution in [-0.2, 0) is 4.74 Å². The van der Waals surface area contributed by atoms with Gasteiger partial charge in [0.2, 0.25) is 0 Å². The number of piperidine rings is 1. The molecule has 0 spiro atoms.